The molecule has 2 saturated heterocycles. The standard InChI is InChI=1S/C12H20O3/c13-10-11-3-7-15-12(9-11)4-1-2-6-14-8-5-12/h10-11H,1-9H2. The van der Waals surface area contributed by atoms with E-state index in [4.69, 9.17) is 9.47 Å². The molecule has 1 spiro atoms. The first-order chi connectivity index (χ1) is 7.35. The number of carbonyl (C=O) groups excluding carboxylic acids is 1. The average Bonchev–Trinajstić information content (AvgIpc) is 2.25. The third-order valence-corrected chi connectivity index (χ3v) is 3.60. The van der Waals surface area contributed by atoms with Crippen LogP contribution >= 0.6 is 0 Å². The minimum Gasteiger partial charge on any atom is -0.381 e. The van der Waals surface area contributed by atoms with Crippen molar-refractivity contribution in [1.82, 2.24) is 0 Å². The van der Waals surface area contributed by atoms with Crippen LogP contribution < -0.4 is 0 Å². The summed E-state index contributed by atoms with van der Waals surface area (Å²) in [5.41, 5.74) is -0.0513. The summed E-state index contributed by atoms with van der Waals surface area (Å²) in [7, 11) is 0. The fourth-order valence-corrected chi connectivity index (χ4v) is 2.67. The zero-order valence-corrected chi connectivity index (χ0v) is 9.24. The molecule has 2 atom stereocenters. The van der Waals surface area contributed by atoms with Crippen LogP contribution in [0.3, 0.4) is 0 Å². The molecule has 0 saturated carbocycles. The lowest BCUT2D eigenvalue weighted by atomic mass is 9.81. The van der Waals surface area contributed by atoms with Crippen molar-refractivity contribution in [2.45, 2.75) is 44.1 Å². The van der Waals surface area contributed by atoms with Gasteiger partial charge in [0.15, 0.2) is 0 Å². The van der Waals surface area contributed by atoms with Gasteiger partial charge in [0.1, 0.15) is 6.29 Å². The Kier molecular flexibility index (Phi) is 3.76. The molecule has 3 nitrogen and oxygen atoms in total. The molecule has 2 rings (SSSR count). The van der Waals surface area contributed by atoms with E-state index in [2.05, 4.69) is 0 Å². The van der Waals surface area contributed by atoms with E-state index >= 15 is 0 Å². The molecule has 0 aliphatic carbocycles. The highest BCUT2D eigenvalue weighted by Gasteiger charge is 2.37. The monoisotopic (exact) mass is 212 g/mol. The maximum absolute atomic E-state index is 10.9. The second kappa shape index (κ2) is 5.08. The Bertz CT molecular complexity index is 207. The Morgan fingerprint density at radius 2 is 2.07 bits per heavy atom. The lowest BCUT2D eigenvalue weighted by molar-refractivity contribution is -0.136. The number of hydrogen-bond donors (Lipinski definition) is 0. The van der Waals surface area contributed by atoms with Gasteiger partial charge in [-0.15, -0.1) is 0 Å². The first-order valence-corrected chi connectivity index (χ1v) is 6.02. The van der Waals surface area contributed by atoms with Gasteiger partial charge in [0.25, 0.3) is 0 Å². The third kappa shape index (κ3) is 2.79. The van der Waals surface area contributed by atoms with E-state index < -0.39 is 0 Å². The van der Waals surface area contributed by atoms with Crippen molar-refractivity contribution in [3.8, 4) is 0 Å². The van der Waals surface area contributed by atoms with E-state index in [1.54, 1.807) is 0 Å². The summed E-state index contributed by atoms with van der Waals surface area (Å²) in [5.74, 6) is 0.207. The normalized spacial score (nSPS) is 38.3. The van der Waals surface area contributed by atoms with Crippen LogP contribution in [0.1, 0.15) is 38.5 Å². The molecule has 3 heteroatoms. The van der Waals surface area contributed by atoms with Gasteiger partial charge in [-0.05, 0) is 38.5 Å². The smallest absolute Gasteiger partial charge is 0.123 e. The Labute approximate surface area is 91.1 Å². The summed E-state index contributed by atoms with van der Waals surface area (Å²) < 4.78 is 11.4. The first kappa shape index (κ1) is 11.1. The van der Waals surface area contributed by atoms with Crippen molar-refractivity contribution in [3.05, 3.63) is 0 Å². The zero-order chi connectivity index (χ0) is 10.6. The van der Waals surface area contributed by atoms with Gasteiger partial charge in [-0.2, -0.15) is 0 Å². The van der Waals surface area contributed by atoms with E-state index in [9.17, 15) is 4.79 Å². The molecule has 2 aliphatic rings. The van der Waals surface area contributed by atoms with Gasteiger partial charge >= 0.3 is 0 Å². The van der Waals surface area contributed by atoms with Crippen LogP contribution in [0.2, 0.25) is 0 Å². The van der Waals surface area contributed by atoms with E-state index in [1.807, 2.05) is 0 Å². The predicted molar refractivity (Wildman–Crippen MR) is 56.8 cm³/mol. The molecule has 86 valence electrons. The van der Waals surface area contributed by atoms with Crippen LogP contribution in [0.4, 0.5) is 0 Å². The molecule has 2 heterocycles. The minimum absolute atomic E-state index is 0.0513. The molecule has 2 fully saturated rings. The van der Waals surface area contributed by atoms with E-state index in [1.165, 1.54) is 0 Å². The second-order valence-electron chi connectivity index (χ2n) is 4.74. The minimum atomic E-state index is -0.0513. The van der Waals surface area contributed by atoms with Crippen molar-refractivity contribution in [2.24, 2.45) is 5.92 Å². The summed E-state index contributed by atoms with van der Waals surface area (Å²) in [5, 5.41) is 0. The summed E-state index contributed by atoms with van der Waals surface area (Å²) in [4.78, 5) is 10.9. The van der Waals surface area contributed by atoms with Crippen molar-refractivity contribution >= 4 is 6.29 Å². The third-order valence-electron chi connectivity index (χ3n) is 3.60. The van der Waals surface area contributed by atoms with Crippen LogP contribution in [0, 0.1) is 5.92 Å². The molecule has 0 aromatic rings. The number of aldehydes is 1. The van der Waals surface area contributed by atoms with Crippen LogP contribution in [0.5, 0.6) is 0 Å². The fourth-order valence-electron chi connectivity index (χ4n) is 2.67. The predicted octanol–water partition coefficient (Wildman–Crippen LogP) is 1.94. The molecular weight excluding hydrogens is 192 g/mol. The van der Waals surface area contributed by atoms with Gasteiger partial charge in [-0.25, -0.2) is 0 Å². The van der Waals surface area contributed by atoms with Crippen LogP contribution in [0.15, 0.2) is 0 Å². The summed E-state index contributed by atoms with van der Waals surface area (Å²) in [6.45, 7) is 2.40. The van der Waals surface area contributed by atoms with Crippen molar-refractivity contribution in [3.63, 3.8) is 0 Å². The van der Waals surface area contributed by atoms with E-state index in [0.29, 0.717) is 0 Å². The van der Waals surface area contributed by atoms with Gasteiger partial charge < -0.3 is 14.3 Å². The summed E-state index contributed by atoms with van der Waals surface area (Å²) in [6.07, 6.45) is 7.23. The van der Waals surface area contributed by atoms with E-state index in [-0.39, 0.29) is 11.5 Å². The van der Waals surface area contributed by atoms with Crippen LogP contribution in [0.25, 0.3) is 0 Å². The van der Waals surface area contributed by atoms with Crippen molar-refractivity contribution in [2.75, 3.05) is 19.8 Å². The highest BCUT2D eigenvalue weighted by molar-refractivity contribution is 5.53. The maximum Gasteiger partial charge on any atom is 0.123 e. The van der Waals surface area contributed by atoms with Gasteiger partial charge in [0.05, 0.1) is 5.60 Å². The molecule has 0 aromatic carbocycles. The van der Waals surface area contributed by atoms with Crippen LogP contribution in [-0.2, 0) is 14.3 Å². The van der Waals surface area contributed by atoms with Crippen molar-refractivity contribution in [1.29, 1.82) is 0 Å². The summed E-state index contributed by atoms with van der Waals surface area (Å²) in [6, 6.07) is 0. The molecule has 2 unspecified atom stereocenters. The number of rotatable bonds is 1. The van der Waals surface area contributed by atoms with Gasteiger partial charge in [0, 0.05) is 25.7 Å². The molecular formula is C12H20O3. The zero-order valence-electron chi connectivity index (χ0n) is 9.24. The van der Waals surface area contributed by atoms with Gasteiger partial charge in [-0.3, -0.25) is 0 Å². The Morgan fingerprint density at radius 3 is 2.93 bits per heavy atom. The molecule has 0 amide bonds. The second-order valence-corrected chi connectivity index (χ2v) is 4.74. The number of hydrogen-bond acceptors (Lipinski definition) is 3. The summed E-state index contributed by atoms with van der Waals surface area (Å²) >= 11 is 0. The highest BCUT2D eigenvalue weighted by Crippen LogP contribution is 2.36. The quantitative estimate of drug-likeness (QED) is 0.623. The lowest BCUT2D eigenvalue weighted by Crippen LogP contribution is -2.42. The average molecular weight is 212 g/mol. The van der Waals surface area contributed by atoms with Gasteiger partial charge in [0.2, 0.25) is 0 Å². The van der Waals surface area contributed by atoms with Crippen molar-refractivity contribution < 1.29 is 14.3 Å². The Hall–Kier alpha value is -0.410. The topological polar surface area (TPSA) is 35.5 Å². The largest absolute Gasteiger partial charge is 0.381 e. The molecule has 0 radical (unpaired) electrons. The highest BCUT2D eigenvalue weighted by atomic mass is 16.5. The first-order valence-electron chi connectivity index (χ1n) is 6.02. The molecule has 0 aromatic heterocycles. The lowest BCUT2D eigenvalue weighted by Gasteiger charge is -2.40. The Morgan fingerprint density at radius 1 is 1.13 bits per heavy atom. The maximum atomic E-state index is 10.9. The Balaban J connectivity index is 1.98. The number of carbonyl (C=O) groups is 1. The molecule has 0 bridgehead atoms. The molecule has 15 heavy (non-hydrogen) atoms. The SMILES string of the molecule is O=CC1CCOC2(CCCCOCC2)C1. The fraction of sp³-hybridized carbons (Fsp3) is 0.917. The molecule has 2 aliphatic heterocycles. The van der Waals surface area contributed by atoms with Crippen LogP contribution in [-0.4, -0.2) is 31.7 Å². The molecule has 0 N–H and O–H groups in total. The number of ether oxygens (including phenoxy) is 2. The van der Waals surface area contributed by atoms with E-state index in [0.717, 1.165) is 64.6 Å². The van der Waals surface area contributed by atoms with Gasteiger partial charge in [-0.1, -0.05) is 0 Å².